The highest BCUT2D eigenvalue weighted by Crippen LogP contribution is 2.26. The molecule has 29 heavy (non-hydrogen) atoms. The van der Waals surface area contributed by atoms with E-state index in [4.69, 9.17) is 0 Å². The van der Waals surface area contributed by atoms with Crippen LogP contribution in [0.1, 0.15) is 18.4 Å². The molecule has 0 atom stereocenters. The summed E-state index contributed by atoms with van der Waals surface area (Å²) in [5, 5.41) is 16.1. The molecule has 0 radical (unpaired) electrons. The van der Waals surface area contributed by atoms with Crippen LogP contribution < -0.4 is 10.6 Å². The summed E-state index contributed by atoms with van der Waals surface area (Å²) in [5.41, 5.74) is 2.97. The van der Waals surface area contributed by atoms with Crippen LogP contribution in [-0.2, 0) is 11.2 Å². The summed E-state index contributed by atoms with van der Waals surface area (Å²) in [4.78, 5) is 12.3. The number of para-hydroxylation sites is 2. The Morgan fingerprint density at radius 1 is 0.966 bits per heavy atom. The Balaban J connectivity index is 1.42. The van der Waals surface area contributed by atoms with E-state index in [1.165, 1.54) is 0 Å². The number of nitrogens with zero attached hydrogens (tertiary/aromatic N) is 3. The molecule has 1 aliphatic carbocycles. The average Bonchev–Trinajstić information content (AvgIpc) is 3.49. The number of amides is 1. The highest BCUT2D eigenvalue weighted by Gasteiger charge is 2.24. The summed E-state index contributed by atoms with van der Waals surface area (Å²) in [5.74, 6) is 1.47. The van der Waals surface area contributed by atoms with Crippen LogP contribution in [-0.4, -0.2) is 26.7 Å². The van der Waals surface area contributed by atoms with Crippen molar-refractivity contribution in [2.75, 3.05) is 5.32 Å². The maximum Gasteiger partial charge on any atom is 0.224 e. The number of aromatic nitrogens is 3. The van der Waals surface area contributed by atoms with E-state index in [0.717, 1.165) is 35.0 Å². The number of carbonyl (C=O) groups excluding carboxylic acids is 1. The number of benzene rings is 2. The predicted octanol–water partition coefficient (Wildman–Crippen LogP) is 3.99. The Morgan fingerprint density at radius 2 is 1.76 bits per heavy atom. The maximum absolute atomic E-state index is 12.3. The maximum atomic E-state index is 12.3. The van der Waals surface area contributed by atoms with Gasteiger partial charge in [0.1, 0.15) is 0 Å². The zero-order valence-corrected chi connectivity index (χ0v) is 15.9. The minimum absolute atomic E-state index is 0.0731. The molecule has 2 heterocycles. The fourth-order valence-corrected chi connectivity index (χ4v) is 3.45. The lowest BCUT2D eigenvalue weighted by Gasteiger charge is -2.07. The lowest BCUT2D eigenvalue weighted by molar-refractivity contribution is -0.120. The number of hydrogen-bond acceptors (Lipinski definition) is 4. The largest absolute Gasteiger partial charge is 0.353 e. The molecule has 1 fully saturated rings. The van der Waals surface area contributed by atoms with Crippen molar-refractivity contribution >= 4 is 28.3 Å². The molecule has 0 unspecified atom stereocenters. The molecule has 0 spiro atoms. The summed E-state index contributed by atoms with van der Waals surface area (Å²) in [6.45, 7) is 0. The van der Waals surface area contributed by atoms with Crippen molar-refractivity contribution in [1.29, 1.82) is 0 Å². The molecule has 4 aromatic rings. The van der Waals surface area contributed by atoms with E-state index >= 15 is 0 Å². The Bertz CT molecular complexity index is 1150. The molecule has 1 aliphatic rings. The van der Waals surface area contributed by atoms with E-state index in [2.05, 4.69) is 20.8 Å². The van der Waals surface area contributed by atoms with Gasteiger partial charge < -0.3 is 10.6 Å². The smallest absolute Gasteiger partial charge is 0.224 e. The summed E-state index contributed by atoms with van der Waals surface area (Å²) in [6.07, 6.45) is 4.54. The van der Waals surface area contributed by atoms with Crippen LogP contribution in [0.3, 0.4) is 0 Å². The third kappa shape index (κ3) is 3.82. The quantitative estimate of drug-likeness (QED) is 0.528. The highest BCUT2D eigenvalue weighted by molar-refractivity contribution is 5.90. The van der Waals surface area contributed by atoms with Crippen LogP contribution in [0.25, 0.3) is 16.7 Å². The Labute approximate surface area is 168 Å². The number of carbonyl (C=O) groups is 1. The molecule has 2 aromatic carbocycles. The lowest BCUT2D eigenvalue weighted by atomic mass is 10.1. The molecule has 0 aliphatic heterocycles. The summed E-state index contributed by atoms with van der Waals surface area (Å²) < 4.78 is 1.99. The Morgan fingerprint density at radius 3 is 2.52 bits per heavy atom. The summed E-state index contributed by atoms with van der Waals surface area (Å²) in [7, 11) is 0. The molecular weight excluding hydrogens is 362 g/mol. The van der Waals surface area contributed by atoms with Gasteiger partial charge in [-0.05, 0) is 48.7 Å². The lowest BCUT2D eigenvalue weighted by Crippen LogP contribution is -2.26. The average molecular weight is 383 g/mol. The first kappa shape index (κ1) is 17.4. The van der Waals surface area contributed by atoms with Crippen molar-refractivity contribution in [3.8, 4) is 5.82 Å². The number of hydrogen-bond donors (Lipinski definition) is 2. The highest BCUT2D eigenvalue weighted by atomic mass is 16.1. The van der Waals surface area contributed by atoms with Crippen molar-refractivity contribution in [2.24, 2.45) is 0 Å². The van der Waals surface area contributed by atoms with Gasteiger partial charge in [-0.15, -0.1) is 10.2 Å². The van der Waals surface area contributed by atoms with E-state index in [9.17, 15) is 4.79 Å². The van der Waals surface area contributed by atoms with Crippen molar-refractivity contribution in [2.45, 2.75) is 25.3 Å². The molecule has 1 saturated carbocycles. The van der Waals surface area contributed by atoms with Crippen LogP contribution in [0.5, 0.6) is 0 Å². The number of fused-ring (bicyclic) bond motifs is 1. The topological polar surface area (TPSA) is 71.8 Å². The summed E-state index contributed by atoms with van der Waals surface area (Å²) >= 11 is 0. The third-order valence-corrected chi connectivity index (χ3v) is 5.03. The normalized spacial score (nSPS) is 13.4. The zero-order chi connectivity index (χ0) is 19.6. The van der Waals surface area contributed by atoms with Gasteiger partial charge in [0, 0.05) is 23.3 Å². The first-order valence-electron chi connectivity index (χ1n) is 9.81. The Hall–Kier alpha value is -3.67. The number of rotatable bonds is 6. The number of nitrogens with one attached hydrogen (secondary N) is 2. The van der Waals surface area contributed by atoms with E-state index in [1.807, 2.05) is 77.5 Å². The minimum atomic E-state index is 0.0731. The van der Waals surface area contributed by atoms with Gasteiger partial charge in [0.05, 0.1) is 11.9 Å². The SMILES string of the molecule is O=C(Cc1cn(-c2ccc(Nc3ccccc3)nn2)c2ccccc12)NC1CC1. The van der Waals surface area contributed by atoms with E-state index < -0.39 is 0 Å². The van der Waals surface area contributed by atoms with Crippen LogP contribution in [0.2, 0.25) is 0 Å². The van der Waals surface area contributed by atoms with Crippen LogP contribution in [0.15, 0.2) is 72.9 Å². The Kier molecular flexibility index (Phi) is 4.44. The fraction of sp³-hybridized carbons (Fsp3) is 0.174. The van der Waals surface area contributed by atoms with Crippen molar-refractivity contribution < 1.29 is 4.79 Å². The van der Waals surface area contributed by atoms with E-state index in [-0.39, 0.29) is 5.91 Å². The second kappa shape index (κ2) is 7.39. The molecular formula is C23H21N5O. The fourth-order valence-electron chi connectivity index (χ4n) is 3.45. The van der Waals surface area contributed by atoms with E-state index in [0.29, 0.717) is 24.1 Å². The summed E-state index contributed by atoms with van der Waals surface area (Å²) in [6, 6.07) is 22.1. The van der Waals surface area contributed by atoms with Crippen molar-refractivity contribution in [1.82, 2.24) is 20.1 Å². The van der Waals surface area contributed by atoms with Crippen molar-refractivity contribution in [3.63, 3.8) is 0 Å². The first-order chi connectivity index (χ1) is 14.3. The van der Waals surface area contributed by atoms with Gasteiger partial charge in [-0.2, -0.15) is 0 Å². The van der Waals surface area contributed by atoms with Gasteiger partial charge in [0.25, 0.3) is 0 Å². The van der Waals surface area contributed by atoms with Gasteiger partial charge in [0.2, 0.25) is 5.91 Å². The van der Waals surface area contributed by atoms with Gasteiger partial charge in [0.15, 0.2) is 11.6 Å². The van der Waals surface area contributed by atoms with Crippen LogP contribution in [0, 0.1) is 0 Å². The minimum Gasteiger partial charge on any atom is -0.353 e. The molecule has 6 heteroatoms. The van der Waals surface area contributed by atoms with Gasteiger partial charge in [-0.1, -0.05) is 36.4 Å². The molecule has 1 amide bonds. The monoisotopic (exact) mass is 383 g/mol. The molecule has 2 aromatic heterocycles. The van der Waals surface area contributed by atoms with Crippen LogP contribution in [0.4, 0.5) is 11.5 Å². The molecule has 144 valence electrons. The van der Waals surface area contributed by atoms with Crippen molar-refractivity contribution in [3.05, 3.63) is 78.5 Å². The second-order valence-electron chi connectivity index (χ2n) is 7.33. The molecule has 2 N–H and O–H groups in total. The second-order valence-corrected chi connectivity index (χ2v) is 7.33. The van der Waals surface area contributed by atoms with Gasteiger partial charge in [-0.25, -0.2) is 0 Å². The first-order valence-corrected chi connectivity index (χ1v) is 9.81. The standard InChI is InChI=1S/C23H21N5O/c29-23(25-18-10-11-18)14-16-15-28(20-9-5-4-8-19(16)20)22-13-12-21(26-27-22)24-17-6-2-1-3-7-17/h1-9,12-13,15,18H,10-11,14H2,(H,24,26)(H,25,29). The molecule has 0 saturated heterocycles. The zero-order valence-electron chi connectivity index (χ0n) is 15.9. The van der Waals surface area contributed by atoms with Crippen LogP contribution >= 0.6 is 0 Å². The van der Waals surface area contributed by atoms with Gasteiger partial charge in [-0.3, -0.25) is 9.36 Å². The molecule has 6 nitrogen and oxygen atoms in total. The van der Waals surface area contributed by atoms with Gasteiger partial charge >= 0.3 is 0 Å². The van der Waals surface area contributed by atoms with E-state index in [1.54, 1.807) is 0 Å². The molecule has 5 rings (SSSR count). The molecule has 0 bridgehead atoms. The predicted molar refractivity (Wildman–Crippen MR) is 113 cm³/mol. The third-order valence-electron chi connectivity index (χ3n) is 5.03. The number of anilines is 2.